The van der Waals surface area contributed by atoms with Crippen molar-refractivity contribution in [3.05, 3.63) is 74.7 Å². The summed E-state index contributed by atoms with van der Waals surface area (Å²) in [4.78, 5) is 0. The van der Waals surface area contributed by atoms with Crippen molar-refractivity contribution in [3.8, 4) is 16.9 Å². The SMILES string of the molecule is CC1=C(C)C(C)(C)[C]([Ti][O]c2c(-c3ccccc3)cccc2C(C)C)=C1C. The Morgan fingerprint density at radius 1 is 0.852 bits per heavy atom. The van der Waals surface area contributed by atoms with Gasteiger partial charge in [0.1, 0.15) is 0 Å². The summed E-state index contributed by atoms with van der Waals surface area (Å²) in [7, 11) is 0. The first-order valence-electron chi connectivity index (χ1n) is 9.76. The van der Waals surface area contributed by atoms with Crippen LogP contribution in [0.2, 0.25) is 0 Å². The van der Waals surface area contributed by atoms with Crippen molar-refractivity contribution in [2.75, 3.05) is 0 Å². The van der Waals surface area contributed by atoms with Gasteiger partial charge in [0, 0.05) is 0 Å². The number of hydrogen-bond acceptors (Lipinski definition) is 1. The van der Waals surface area contributed by atoms with Gasteiger partial charge in [0.25, 0.3) is 0 Å². The topological polar surface area (TPSA) is 9.23 Å². The summed E-state index contributed by atoms with van der Waals surface area (Å²) in [5.74, 6) is 1.51. The maximum atomic E-state index is 6.71. The van der Waals surface area contributed by atoms with Gasteiger partial charge in [0.2, 0.25) is 0 Å². The molecule has 0 fully saturated rings. The van der Waals surface area contributed by atoms with Crippen LogP contribution in [0.1, 0.15) is 59.9 Å². The second kappa shape index (κ2) is 7.82. The van der Waals surface area contributed by atoms with Gasteiger partial charge in [-0.2, -0.15) is 0 Å². The zero-order valence-corrected chi connectivity index (χ0v) is 19.2. The minimum atomic E-state index is -0.717. The molecule has 0 amide bonds. The van der Waals surface area contributed by atoms with Crippen LogP contribution in [0.15, 0.2) is 69.1 Å². The number of benzene rings is 2. The molecule has 1 nitrogen and oxygen atoms in total. The Labute approximate surface area is 173 Å². The molecule has 0 radical (unpaired) electrons. The molecule has 2 aromatic rings. The van der Waals surface area contributed by atoms with E-state index in [4.69, 9.17) is 3.32 Å². The molecule has 0 bridgehead atoms. The molecule has 2 aromatic carbocycles. The number of para-hydroxylation sites is 1. The van der Waals surface area contributed by atoms with Crippen LogP contribution in [0, 0.1) is 5.41 Å². The fraction of sp³-hybridized carbons (Fsp3) is 0.360. The molecule has 0 aliphatic heterocycles. The van der Waals surface area contributed by atoms with Crippen molar-refractivity contribution in [1.82, 2.24) is 0 Å². The van der Waals surface area contributed by atoms with Crippen LogP contribution in [-0.4, -0.2) is 0 Å². The summed E-state index contributed by atoms with van der Waals surface area (Å²) >= 11 is -0.717. The van der Waals surface area contributed by atoms with Gasteiger partial charge in [0.05, 0.1) is 0 Å². The third-order valence-electron chi connectivity index (χ3n) is 6.07. The number of allylic oxidation sites excluding steroid dienone is 4. The van der Waals surface area contributed by atoms with Gasteiger partial charge in [0.15, 0.2) is 0 Å². The van der Waals surface area contributed by atoms with E-state index in [0.29, 0.717) is 5.92 Å². The molecule has 27 heavy (non-hydrogen) atoms. The Kier molecular flexibility index (Phi) is 5.84. The molecule has 140 valence electrons. The van der Waals surface area contributed by atoms with Crippen LogP contribution in [0.5, 0.6) is 5.75 Å². The zero-order valence-electron chi connectivity index (χ0n) is 17.6. The van der Waals surface area contributed by atoms with Crippen LogP contribution < -0.4 is 3.32 Å². The molecule has 0 saturated carbocycles. The Morgan fingerprint density at radius 3 is 2.07 bits per heavy atom. The third-order valence-corrected chi connectivity index (χ3v) is 8.43. The standard InChI is InChI=1S/C15H16O.C10H15.Ti/c1-11(2)13-9-6-10-14(15(13)16)12-7-4-3-5-8-12;1-7-6-10(4,5)9(3)8(7)2;/h3-11,16H,1-2H3;1-5H3;/q;;+1/p-1. The Balaban J connectivity index is 2.00. The van der Waals surface area contributed by atoms with E-state index in [1.54, 1.807) is 0 Å². The molecule has 1 aliphatic rings. The molecule has 0 atom stereocenters. The van der Waals surface area contributed by atoms with E-state index >= 15 is 0 Å². The van der Waals surface area contributed by atoms with Gasteiger partial charge < -0.3 is 0 Å². The summed E-state index contributed by atoms with van der Waals surface area (Å²) < 4.78 is 8.23. The molecular weight excluding hydrogens is 364 g/mol. The number of rotatable bonds is 5. The van der Waals surface area contributed by atoms with Crippen LogP contribution >= 0.6 is 0 Å². The van der Waals surface area contributed by atoms with E-state index in [-0.39, 0.29) is 5.41 Å². The normalized spacial score (nSPS) is 16.3. The summed E-state index contributed by atoms with van der Waals surface area (Å²) in [6.45, 7) is 16.0. The molecule has 1 aliphatic carbocycles. The first-order chi connectivity index (χ1) is 12.7. The molecule has 0 aromatic heterocycles. The molecule has 2 heteroatoms. The van der Waals surface area contributed by atoms with Gasteiger partial charge >= 0.3 is 174 Å². The Bertz CT molecular complexity index is 901. The first-order valence-corrected chi connectivity index (χ1v) is 11.2. The average Bonchev–Trinajstić information content (AvgIpc) is 2.80. The molecule has 0 spiro atoms. The van der Waals surface area contributed by atoms with E-state index in [9.17, 15) is 0 Å². The minimum absolute atomic E-state index is 0.119. The zero-order chi connectivity index (χ0) is 19.8. The molecular formula is C25H30OTi. The third kappa shape index (κ3) is 3.73. The van der Waals surface area contributed by atoms with E-state index in [1.807, 2.05) is 0 Å². The quantitative estimate of drug-likeness (QED) is 0.477. The second-order valence-electron chi connectivity index (χ2n) is 8.32. The van der Waals surface area contributed by atoms with Crippen molar-refractivity contribution in [3.63, 3.8) is 0 Å². The molecule has 0 unspecified atom stereocenters. The predicted molar refractivity (Wildman–Crippen MR) is 111 cm³/mol. The second-order valence-corrected chi connectivity index (χ2v) is 9.74. The van der Waals surface area contributed by atoms with Gasteiger partial charge in [-0.15, -0.1) is 0 Å². The fourth-order valence-corrected chi connectivity index (χ4v) is 5.77. The molecule has 0 saturated heterocycles. The average molecular weight is 394 g/mol. The van der Waals surface area contributed by atoms with Gasteiger partial charge in [-0.25, -0.2) is 0 Å². The van der Waals surface area contributed by atoms with E-state index < -0.39 is 19.5 Å². The van der Waals surface area contributed by atoms with Crippen molar-refractivity contribution in [1.29, 1.82) is 0 Å². The van der Waals surface area contributed by atoms with E-state index in [1.165, 1.54) is 37.3 Å². The molecule has 3 rings (SSSR count). The summed E-state index contributed by atoms with van der Waals surface area (Å²) in [6, 6.07) is 17.2. The first kappa shape index (κ1) is 20.2. The van der Waals surface area contributed by atoms with Crippen molar-refractivity contribution in [2.24, 2.45) is 5.41 Å². The van der Waals surface area contributed by atoms with Gasteiger partial charge in [-0.1, -0.05) is 0 Å². The van der Waals surface area contributed by atoms with E-state index in [0.717, 1.165) is 5.75 Å². The fourth-order valence-electron chi connectivity index (χ4n) is 3.87. The molecule has 0 N–H and O–H groups in total. The van der Waals surface area contributed by atoms with Crippen molar-refractivity contribution < 1.29 is 22.9 Å². The van der Waals surface area contributed by atoms with Crippen LogP contribution in [-0.2, 0) is 19.5 Å². The predicted octanol–water partition coefficient (Wildman–Crippen LogP) is 7.50. The van der Waals surface area contributed by atoms with Crippen molar-refractivity contribution >= 4 is 0 Å². The van der Waals surface area contributed by atoms with E-state index in [2.05, 4.69) is 97.0 Å². The van der Waals surface area contributed by atoms with Crippen LogP contribution in [0.25, 0.3) is 11.1 Å². The Hall–Kier alpha value is -1.57. The summed E-state index contributed by atoms with van der Waals surface area (Å²) in [5, 5.41) is 0. The van der Waals surface area contributed by atoms with Crippen LogP contribution in [0.3, 0.4) is 0 Å². The summed E-state index contributed by atoms with van der Waals surface area (Å²) in [6.07, 6.45) is 0. The Morgan fingerprint density at radius 2 is 1.52 bits per heavy atom. The maximum absolute atomic E-state index is 6.71. The van der Waals surface area contributed by atoms with Gasteiger partial charge in [-0.3, -0.25) is 0 Å². The van der Waals surface area contributed by atoms with Gasteiger partial charge in [-0.05, 0) is 0 Å². The van der Waals surface area contributed by atoms with Crippen LogP contribution in [0.4, 0.5) is 0 Å². The monoisotopic (exact) mass is 394 g/mol. The molecule has 0 heterocycles. The van der Waals surface area contributed by atoms with Crippen molar-refractivity contribution in [2.45, 2.75) is 54.4 Å². The summed E-state index contributed by atoms with van der Waals surface area (Å²) in [5.41, 5.74) is 8.24. The number of hydrogen-bond donors (Lipinski definition) is 0.